The van der Waals surface area contributed by atoms with E-state index in [1.165, 1.54) is 0 Å². The standard InChI is InChI=1S/C26H31N3O2/c1-3-11-28-25(31)26(9-13-29(14-10-26)24(30)23-15-19(23)2)17-20-6-4-7-21(16-20)22-8-5-12-27-18-22/h3-8,12,16,18-19,23H,1,9-11,13-15,17H2,2H3,(H,28,31). The number of carbonyl (C=O) groups is 2. The average Bonchev–Trinajstić information content (AvgIpc) is 3.54. The second kappa shape index (κ2) is 9.04. The molecule has 2 aliphatic rings. The zero-order valence-corrected chi connectivity index (χ0v) is 18.2. The Morgan fingerprint density at radius 1 is 1.23 bits per heavy atom. The van der Waals surface area contributed by atoms with Gasteiger partial charge in [0, 0.05) is 37.9 Å². The van der Waals surface area contributed by atoms with Crippen molar-refractivity contribution >= 4 is 11.8 Å². The molecule has 2 atom stereocenters. The van der Waals surface area contributed by atoms with E-state index >= 15 is 0 Å². The Morgan fingerprint density at radius 3 is 2.61 bits per heavy atom. The molecular weight excluding hydrogens is 386 g/mol. The molecule has 2 amide bonds. The summed E-state index contributed by atoms with van der Waals surface area (Å²) >= 11 is 0. The predicted octanol–water partition coefficient (Wildman–Crippen LogP) is 3.86. The Labute approximate surface area is 184 Å². The molecule has 5 heteroatoms. The van der Waals surface area contributed by atoms with Crippen molar-refractivity contribution in [1.82, 2.24) is 15.2 Å². The Kier molecular flexibility index (Phi) is 6.21. The van der Waals surface area contributed by atoms with Crippen LogP contribution in [0.5, 0.6) is 0 Å². The number of pyridine rings is 1. The van der Waals surface area contributed by atoms with E-state index in [0.29, 0.717) is 44.8 Å². The normalized spacial score (nSPS) is 21.9. The summed E-state index contributed by atoms with van der Waals surface area (Å²) in [4.78, 5) is 32.1. The lowest BCUT2D eigenvalue weighted by Crippen LogP contribution is -2.51. The molecule has 162 valence electrons. The van der Waals surface area contributed by atoms with Gasteiger partial charge in [-0.05, 0) is 54.4 Å². The van der Waals surface area contributed by atoms with Crippen LogP contribution >= 0.6 is 0 Å². The molecule has 0 bridgehead atoms. The van der Waals surface area contributed by atoms with E-state index in [0.717, 1.165) is 23.1 Å². The van der Waals surface area contributed by atoms with Crippen LogP contribution in [-0.4, -0.2) is 41.3 Å². The summed E-state index contributed by atoms with van der Waals surface area (Å²) in [5, 5.41) is 3.03. The predicted molar refractivity (Wildman–Crippen MR) is 122 cm³/mol. The van der Waals surface area contributed by atoms with Crippen LogP contribution in [0.2, 0.25) is 0 Å². The third kappa shape index (κ3) is 4.71. The Morgan fingerprint density at radius 2 is 1.97 bits per heavy atom. The quantitative estimate of drug-likeness (QED) is 0.696. The molecule has 2 aromatic rings. The maximum absolute atomic E-state index is 13.2. The Hall–Kier alpha value is -2.95. The first-order chi connectivity index (χ1) is 15.0. The Balaban J connectivity index is 1.53. The fraction of sp³-hybridized carbons (Fsp3) is 0.423. The Bertz CT molecular complexity index is 948. The summed E-state index contributed by atoms with van der Waals surface area (Å²) in [6.45, 7) is 7.60. The van der Waals surface area contributed by atoms with Gasteiger partial charge >= 0.3 is 0 Å². The number of aromatic nitrogens is 1. The monoisotopic (exact) mass is 417 g/mol. The molecule has 0 spiro atoms. The third-order valence-corrected chi connectivity index (χ3v) is 6.81. The van der Waals surface area contributed by atoms with Crippen molar-refractivity contribution in [2.75, 3.05) is 19.6 Å². The van der Waals surface area contributed by atoms with Gasteiger partial charge in [0.1, 0.15) is 0 Å². The number of hydrogen-bond donors (Lipinski definition) is 1. The summed E-state index contributed by atoms with van der Waals surface area (Å²) in [7, 11) is 0. The minimum atomic E-state index is -0.511. The molecule has 1 aliphatic heterocycles. The number of nitrogens with zero attached hydrogens (tertiary/aromatic N) is 2. The van der Waals surface area contributed by atoms with Gasteiger partial charge < -0.3 is 10.2 Å². The SMILES string of the molecule is C=CCNC(=O)C1(Cc2cccc(-c3cccnc3)c2)CCN(C(=O)C2CC2C)CC1. The van der Waals surface area contributed by atoms with E-state index in [9.17, 15) is 9.59 Å². The zero-order valence-electron chi connectivity index (χ0n) is 18.2. The minimum absolute atomic E-state index is 0.0612. The van der Waals surface area contributed by atoms with Gasteiger partial charge in [-0.3, -0.25) is 14.6 Å². The largest absolute Gasteiger partial charge is 0.352 e. The van der Waals surface area contributed by atoms with Crippen LogP contribution in [-0.2, 0) is 16.0 Å². The molecule has 1 aromatic heterocycles. The molecule has 2 unspecified atom stereocenters. The summed E-state index contributed by atoms with van der Waals surface area (Å²) in [5.41, 5.74) is 2.78. The van der Waals surface area contributed by atoms with Crippen LogP contribution in [0.4, 0.5) is 0 Å². The molecule has 5 nitrogen and oxygen atoms in total. The van der Waals surface area contributed by atoms with Crippen molar-refractivity contribution in [3.8, 4) is 11.1 Å². The highest BCUT2D eigenvalue weighted by Gasteiger charge is 2.46. The fourth-order valence-corrected chi connectivity index (χ4v) is 4.68. The first-order valence-corrected chi connectivity index (χ1v) is 11.2. The van der Waals surface area contributed by atoms with Crippen LogP contribution in [0.1, 0.15) is 31.7 Å². The highest BCUT2D eigenvalue weighted by Crippen LogP contribution is 2.42. The van der Waals surface area contributed by atoms with E-state index in [1.807, 2.05) is 29.3 Å². The van der Waals surface area contributed by atoms with Crippen LogP contribution in [0, 0.1) is 17.3 Å². The second-order valence-electron chi connectivity index (χ2n) is 9.04. The van der Waals surface area contributed by atoms with Crippen molar-refractivity contribution in [2.45, 2.75) is 32.6 Å². The lowest BCUT2D eigenvalue weighted by molar-refractivity contribution is -0.141. The molecule has 2 heterocycles. The highest BCUT2D eigenvalue weighted by molar-refractivity contribution is 5.85. The lowest BCUT2D eigenvalue weighted by Gasteiger charge is -2.41. The van der Waals surface area contributed by atoms with E-state index in [4.69, 9.17) is 0 Å². The van der Waals surface area contributed by atoms with Crippen molar-refractivity contribution in [2.24, 2.45) is 17.3 Å². The summed E-state index contributed by atoms with van der Waals surface area (Å²) in [6.07, 6.45) is 8.35. The van der Waals surface area contributed by atoms with E-state index in [2.05, 4.69) is 42.0 Å². The van der Waals surface area contributed by atoms with Gasteiger partial charge in [-0.15, -0.1) is 6.58 Å². The first kappa shape index (κ1) is 21.3. The highest BCUT2D eigenvalue weighted by atomic mass is 16.2. The molecule has 1 aliphatic carbocycles. The summed E-state index contributed by atoms with van der Waals surface area (Å²) in [5.74, 6) is 1.03. The number of nitrogens with one attached hydrogen (secondary N) is 1. The number of carbonyl (C=O) groups excluding carboxylic acids is 2. The molecule has 4 rings (SSSR count). The number of piperidine rings is 1. The van der Waals surface area contributed by atoms with Crippen molar-refractivity contribution < 1.29 is 9.59 Å². The molecule has 1 aromatic carbocycles. The van der Waals surface area contributed by atoms with Crippen LogP contribution in [0.15, 0.2) is 61.4 Å². The number of benzene rings is 1. The average molecular weight is 418 g/mol. The maximum atomic E-state index is 13.2. The van der Waals surface area contributed by atoms with Gasteiger partial charge in [0.05, 0.1) is 5.41 Å². The number of likely N-dealkylation sites (tertiary alicyclic amines) is 1. The van der Waals surface area contributed by atoms with Crippen molar-refractivity contribution in [3.63, 3.8) is 0 Å². The summed E-state index contributed by atoms with van der Waals surface area (Å²) in [6, 6.07) is 12.3. The molecule has 0 radical (unpaired) electrons. The fourth-order valence-electron chi connectivity index (χ4n) is 4.68. The van der Waals surface area contributed by atoms with Crippen LogP contribution in [0.3, 0.4) is 0 Å². The lowest BCUT2D eigenvalue weighted by atomic mass is 9.72. The minimum Gasteiger partial charge on any atom is -0.352 e. The topological polar surface area (TPSA) is 62.3 Å². The van der Waals surface area contributed by atoms with Crippen LogP contribution < -0.4 is 5.32 Å². The molecular formula is C26H31N3O2. The van der Waals surface area contributed by atoms with Gasteiger partial charge in [-0.25, -0.2) is 0 Å². The van der Waals surface area contributed by atoms with Crippen molar-refractivity contribution in [3.05, 3.63) is 67.0 Å². The molecule has 2 fully saturated rings. The number of hydrogen-bond acceptors (Lipinski definition) is 3. The van der Waals surface area contributed by atoms with Crippen molar-refractivity contribution in [1.29, 1.82) is 0 Å². The van der Waals surface area contributed by atoms with E-state index < -0.39 is 5.41 Å². The molecule has 31 heavy (non-hydrogen) atoms. The van der Waals surface area contributed by atoms with Crippen LogP contribution in [0.25, 0.3) is 11.1 Å². The molecule has 1 saturated heterocycles. The van der Waals surface area contributed by atoms with E-state index in [1.54, 1.807) is 12.3 Å². The van der Waals surface area contributed by atoms with Gasteiger partial charge in [0.25, 0.3) is 0 Å². The number of rotatable bonds is 7. The second-order valence-corrected chi connectivity index (χ2v) is 9.04. The smallest absolute Gasteiger partial charge is 0.226 e. The first-order valence-electron chi connectivity index (χ1n) is 11.2. The van der Waals surface area contributed by atoms with Gasteiger partial charge in [-0.1, -0.05) is 43.3 Å². The van der Waals surface area contributed by atoms with Gasteiger partial charge in [0.2, 0.25) is 11.8 Å². The zero-order chi connectivity index (χ0) is 21.8. The maximum Gasteiger partial charge on any atom is 0.226 e. The molecule has 1 N–H and O–H groups in total. The molecule has 1 saturated carbocycles. The summed E-state index contributed by atoms with van der Waals surface area (Å²) < 4.78 is 0. The van der Waals surface area contributed by atoms with Gasteiger partial charge in [0.15, 0.2) is 0 Å². The van der Waals surface area contributed by atoms with Gasteiger partial charge in [-0.2, -0.15) is 0 Å². The number of amides is 2. The third-order valence-electron chi connectivity index (χ3n) is 6.81. The van der Waals surface area contributed by atoms with E-state index in [-0.39, 0.29) is 17.7 Å².